The first-order valence-electron chi connectivity index (χ1n) is 16.6. The monoisotopic (exact) mass is 631 g/mol. The molecule has 2 saturated heterocycles. The van der Waals surface area contributed by atoms with Gasteiger partial charge in [0.1, 0.15) is 25.1 Å². The lowest BCUT2D eigenvalue weighted by atomic mass is 9.99. The summed E-state index contributed by atoms with van der Waals surface area (Å²) in [6.07, 6.45) is 2.61. The molecule has 1 amide bonds. The lowest BCUT2D eigenvalue weighted by Gasteiger charge is -2.40. The fraction of sp³-hybridized carbons (Fsp3) is 0.405. The molecule has 0 saturated carbocycles. The number of aromatic nitrogens is 2. The topological polar surface area (TPSA) is 87.4 Å². The summed E-state index contributed by atoms with van der Waals surface area (Å²) in [6.45, 7) is 14.7. The zero-order valence-corrected chi connectivity index (χ0v) is 26.9. The molecule has 2 atom stereocenters. The summed E-state index contributed by atoms with van der Waals surface area (Å²) in [4.78, 5) is 33.3. The van der Waals surface area contributed by atoms with Crippen molar-refractivity contribution >= 4 is 28.4 Å². The molecule has 3 aliphatic rings. The van der Waals surface area contributed by atoms with Crippen LogP contribution in [-0.4, -0.2) is 78.9 Å². The van der Waals surface area contributed by atoms with E-state index in [1.165, 1.54) is 22.0 Å². The molecular formula is C37H41N7O3. The highest BCUT2D eigenvalue weighted by Crippen LogP contribution is 2.36. The van der Waals surface area contributed by atoms with Crippen molar-refractivity contribution in [1.82, 2.24) is 20.2 Å². The number of carbonyl (C=O) groups is 1. The third-order valence-electron chi connectivity index (χ3n) is 9.55. The van der Waals surface area contributed by atoms with E-state index in [0.29, 0.717) is 44.8 Å². The largest absolute Gasteiger partial charge is 0.462 e. The Hall–Kier alpha value is -4.88. The van der Waals surface area contributed by atoms with Crippen molar-refractivity contribution in [2.75, 3.05) is 55.7 Å². The van der Waals surface area contributed by atoms with Gasteiger partial charge in [0.25, 0.3) is 0 Å². The Bertz CT molecular complexity index is 1760. The van der Waals surface area contributed by atoms with Gasteiger partial charge in [-0.1, -0.05) is 60.7 Å². The van der Waals surface area contributed by atoms with Gasteiger partial charge >= 0.3 is 12.1 Å². The molecule has 0 radical (unpaired) electrons. The predicted octanol–water partition coefficient (Wildman–Crippen LogP) is 5.38. The minimum Gasteiger partial charge on any atom is -0.462 e. The Morgan fingerprint density at radius 3 is 2.68 bits per heavy atom. The minimum absolute atomic E-state index is 0.190. The molecule has 1 aromatic heterocycles. The molecule has 10 nitrogen and oxygen atoms in total. The van der Waals surface area contributed by atoms with Crippen molar-refractivity contribution in [2.24, 2.45) is 0 Å². The molecule has 3 aromatic carbocycles. The molecular weight excluding hydrogens is 590 g/mol. The van der Waals surface area contributed by atoms with Crippen LogP contribution in [0, 0.1) is 13.5 Å². The molecule has 0 aliphatic carbocycles. The van der Waals surface area contributed by atoms with Crippen LogP contribution in [0.3, 0.4) is 0 Å². The summed E-state index contributed by atoms with van der Waals surface area (Å²) in [5.74, 6) is 0.852. The van der Waals surface area contributed by atoms with Gasteiger partial charge < -0.3 is 29.4 Å². The molecule has 4 aromatic rings. The molecule has 3 aliphatic heterocycles. The van der Waals surface area contributed by atoms with Crippen LogP contribution in [0.25, 0.3) is 15.6 Å². The Kier molecular flexibility index (Phi) is 9.07. The highest BCUT2D eigenvalue weighted by atomic mass is 16.6. The van der Waals surface area contributed by atoms with E-state index in [9.17, 15) is 4.79 Å². The van der Waals surface area contributed by atoms with Gasteiger partial charge in [0.2, 0.25) is 6.54 Å². The fourth-order valence-corrected chi connectivity index (χ4v) is 7.12. The molecule has 7 rings (SSSR count). The number of rotatable bonds is 8. The number of ether oxygens (including phenoxy) is 2. The smallest absolute Gasteiger partial charge is 0.410 e. The van der Waals surface area contributed by atoms with Crippen LogP contribution in [0.1, 0.15) is 35.2 Å². The molecule has 0 spiro atoms. The Balaban J connectivity index is 1.15. The number of hydrogen-bond donors (Lipinski definition) is 1. The Morgan fingerprint density at radius 2 is 1.87 bits per heavy atom. The van der Waals surface area contributed by atoms with Gasteiger partial charge in [0, 0.05) is 48.9 Å². The van der Waals surface area contributed by atoms with E-state index in [2.05, 4.69) is 63.3 Å². The maximum Gasteiger partial charge on any atom is 0.410 e. The van der Waals surface area contributed by atoms with Crippen LogP contribution in [0.5, 0.6) is 6.01 Å². The molecule has 4 heterocycles. The lowest BCUT2D eigenvalue weighted by molar-refractivity contribution is 0.0788. The molecule has 47 heavy (non-hydrogen) atoms. The average Bonchev–Trinajstić information content (AvgIpc) is 3.63. The second-order valence-electron chi connectivity index (χ2n) is 12.7. The number of benzene rings is 3. The molecule has 1 N–H and O–H groups in total. The molecule has 10 heteroatoms. The third kappa shape index (κ3) is 6.67. The van der Waals surface area contributed by atoms with Gasteiger partial charge in [-0.15, -0.1) is 0 Å². The maximum absolute atomic E-state index is 13.2. The number of nitrogens with zero attached hydrogens (tertiary/aromatic N) is 6. The van der Waals surface area contributed by atoms with Crippen LogP contribution in [-0.2, 0) is 24.3 Å². The van der Waals surface area contributed by atoms with Gasteiger partial charge in [0.15, 0.2) is 0 Å². The summed E-state index contributed by atoms with van der Waals surface area (Å²) in [6, 6.07) is 23.0. The molecule has 242 valence electrons. The quantitative estimate of drug-likeness (QED) is 0.260. The normalized spacial score (nSPS) is 19.4. The van der Waals surface area contributed by atoms with E-state index >= 15 is 0 Å². The van der Waals surface area contributed by atoms with E-state index < -0.39 is 0 Å². The SMILES string of the molecule is [C-]#[N+]C[C@H]1CN(c2nc(OC[C@@H]3CCCN3)nc3c2CCN(c2cccc4cccc(C)c24)C3)CCN1C(=O)OCc1ccccc1. The number of anilines is 2. The first kappa shape index (κ1) is 30.8. The van der Waals surface area contributed by atoms with Crippen LogP contribution in [0.4, 0.5) is 16.3 Å². The average molecular weight is 632 g/mol. The van der Waals surface area contributed by atoms with Crippen molar-refractivity contribution < 1.29 is 14.3 Å². The Morgan fingerprint density at radius 1 is 1.02 bits per heavy atom. The number of carbonyl (C=O) groups excluding carboxylic acids is 1. The summed E-state index contributed by atoms with van der Waals surface area (Å²) in [7, 11) is 0. The standard InChI is InChI=1S/C37H41N7O3/c1-26-9-6-12-28-13-7-15-33(34(26)28)42-18-16-31-32(23-42)40-36(46-25-29-14-8-17-39-29)41-35(31)43-19-20-44(30(22-43)21-38-2)37(45)47-24-27-10-4-3-5-11-27/h3-7,9-13,15,29-30,39H,8,14,16-25H2,1H3/t29-,30-/m0/s1. The summed E-state index contributed by atoms with van der Waals surface area (Å²) >= 11 is 0. The fourth-order valence-electron chi connectivity index (χ4n) is 7.12. The van der Waals surface area contributed by atoms with Gasteiger partial charge in [-0.05, 0) is 55.3 Å². The van der Waals surface area contributed by atoms with Crippen LogP contribution in [0.15, 0.2) is 66.7 Å². The highest BCUT2D eigenvalue weighted by molar-refractivity contribution is 5.97. The lowest BCUT2D eigenvalue weighted by Crippen LogP contribution is -2.57. The zero-order chi connectivity index (χ0) is 32.2. The van der Waals surface area contributed by atoms with E-state index in [4.69, 9.17) is 26.0 Å². The van der Waals surface area contributed by atoms with Gasteiger partial charge in [0.05, 0.1) is 12.2 Å². The van der Waals surface area contributed by atoms with Crippen LogP contribution >= 0.6 is 0 Å². The third-order valence-corrected chi connectivity index (χ3v) is 9.55. The van der Waals surface area contributed by atoms with Crippen molar-refractivity contribution in [1.29, 1.82) is 0 Å². The van der Waals surface area contributed by atoms with Gasteiger partial charge in [-0.2, -0.15) is 9.97 Å². The van der Waals surface area contributed by atoms with Crippen molar-refractivity contribution in [3.63, 3.8) is 0 Å². The number of hydrogen-bond acceptors (Lipinski definition) is 8. The van der Waals surface area contributed by atoms with Crippen LogP contribution in [0.2, 0.25) is 0 Å². The summed E-state index contributed by atoms with van der Waals surface area (Å²) < 4.78 is 11.9. The molecule has 0 unspecified atom stereocenters. The van der Waals surface area contributed by atoms with Crippen molar-refractivity contribution in [3.8, 4) is 6.01 Å². The zero-order valence-electron chi connectivity index (χ0n) is 26.9. The first-order valence-corrected chi connectivity index (χ1v) is 16.6. The number of aryl methyl sites for hydroxylation is 1. The summed E-state index contributed by atoms with van der Waals surface area (Å²) in [5, 5.41) is 6.00. The predicted molar refractivity (Wildman–Crippen MR) is 183 cm³/mol. The second-order valence-corrected chi connectivity index (χ2v) is 12.7. The van der Waals surface area contributed by atoms with Crippen molar-refractivity contribution in [2.45, 2.75) is 51.4 Å². The van der Waals surface area contributed by atoms with Crippen molar-refractivity contribution in [3.05, 3.63) is 101 Å². The second kappa shape index (κ2) is 13.9. The van der Waals surface area contributed by atoms with Gasteiger partial charge in [-0.25, -0.2) is 11.4 Å². The molecule has 2 fully saturated rings. The van der Waals surface area contributed by atoms with Crippen LogP contribution < -0.4 is 19.9 Å². The number of fused-ring (bicyclic) bond motifs is 2. The molecule has 0 bridgehead atoms. The van der Waals surface area contributed by atoms with E-state index in [-0.39, 0.29) is 25.3 Å². The van der Waals surface area contributed by atoms with Gasteiger partial charge in [-0.3, -0.25) is 4.90 Å². The number of piperazine rings is 1. The minimum atomic E-state index is -0.388. The number of nitrogens with one attached hydrogen (secondary N) is 1. The van der Waals surface area contributed by atoms with E-state index in [0.717, 1.165) is 55.0 Å². The summed E-state index contributed by atoms with van der Waals surface area (Å²) in [5.41, 5.74) is 5.48. The highest BCUT2D eigenvalue weighted by Gasteiger charge is 2.36. The van der Waals surface area contributed by atoms with E-state index in [1.54, 1.807) is 4.90 Å². The first-order chi connectivity index (χ1) is 23.1. The number of amides is 1. The maximum atomic E-state index is 13.2. The van der Waals surface area contributed by atoms with E-state index in [1.807, 2.05) is 30.3 Å². The Labute approximate surface area is 276 Å².